The van der Waals surface area contributed by atoms with Crippen LogP contribution in [0.4, 0.5) is 0 Å². The number of carboxylic acids is 2. The zero-order chi connectivity index (χ0) is 13.5. The molecule has 0 amide bonds. The van der Waals surface area contributed by atoms with Gasteiger partial charge >= 0.3 is 11.9 Å². The molecule has 0 aliphatic carbocycles. The van der Waals surface area contributed by atoms with Gasteiger partial charge < -0.3 is 15.5 Å². The summed E-state index contributed by atoms with van der Waals surface area (Å²) in [4.78, 5) is 21.3. The standard InChI is InChI=1S/C12H14ClNO4/c13-9-4-2-1-3-8(9)7-14-10(12(17)18)5-6-11(15)16/h1-4,10,14H,5-7H2,(H,15,16)(H,17,18). The maximum absolute atomic E-state index is 10.9. The Morgan fingerprint density at radius 3 is 2.50 bits per heavy atom. The van der Waals surface area contributed by atoms with Crippen LogP contribution in [0.2, 0.25) is 5.02 Å². The van der Waals surface area contributed by atoms with Crippen molar-refractivity contribution in [3.8, 4) is 0 Å². The van der Waals surface area contributed by atoms with Crippen LogP contribution in [-0.2, 0) is 16.1 Å². The van der Waals surface area contributed by atoms with Crippen LogP contribution >= 0.6 is 11.6 Å². The molecule has 0 fully saturated rings. The summed E-state index contributed by atoms with van der Waals surface area (Å²) in [7, 11) is 0. The van der Waals surface area contributed by atoms with Gasteiger partial charge in [-0.15, -0.1) is 0 Å². The Kier molecular flexibility index (Phi) is 5.61. The van der Waals surface area contributed by atoms with Crippen molar-refractivity contribution < 1.29 is 19.8 Å². The fraction of sp³-hybridized carbons (Fsp3) is 0.333. The van der Waals surface area contributed by atoms with Gasteiger partial charge in [-0.1, -0.05) is 29.8 Å². The van der Waals surface area contributed by atoms with E-state index in [1.807, 2.05) is 0 Å². The van der Waals surface area contributed by atoms with Crippen LogP contribution < -0.4 is 5.32 Å². The Labute approximate surface area is 109 Å². The van der Waals surface area contributed by atoms with Crippen molar-refractivity contribution in [1.29, 1.82) is 0 Å². The Morgan fingerprint density at radius 1 is 1.28 bits per heavy atom. The first-order chi connectivity index (χ1) is 8.50. The van der Waals surface area contributed by atoms with Crippen LogP contribution in [0.3, 0.4) is 0 Å². The first-order valence-electron chi connectivity index (χ1n) is 5.42. The lowest BCUT2D eigenvalue weighted by Gasteiger charge is -2.14. The monoisotopic (exact) mass is 271 g/mol. The van der Waals surface area contributed by atoms with Gasteiger partial charge in [-0.3, -0.25) is 9.59 Å². The van der Waals surface area contributed by atoms with Gasteiger partial charge in [-0.2, -0.15) is 0 Å². The molecule has 1 aromatic carbocycles. The summed E-state index contributed by atoms with van der Waals surface area (Å²) in [6, 6.07) is 6.19. The Bertz CT molecular complexity index is 436. The number of nitrogens with one attached hydrogen (secondary N) is 1. The van der Waals surface area contributed by atoms with Crippen molar-refractivity contribution in [2.24, 2.45) is 0 Å². The van der Waals surface area contributed by atoms with Gasteiger partial charge in [-0.05, 0) is 18.1 Å². The second-order valence-corrected chi connectivity index (χ2v) is 4.20. The van der Waals surface area contributed by atoms with Crippen molar-refractivity contribution in [1.82, 2.24) is 5.32 Å². The van der Waals surface area contributed by atoms with Crippen LogP contribution in [0.15, 0.2) is 24.3 Å². The highest BCUT2D eigenvalue weighted by molar-refractivity contribution is 6.31. The first kappa shape index (κ1) is 14.5. The highest BCUT2D eigenvalue weighted by Crippen LogP contribution is 2.14. The van der Waals surface area contributed by atoms with E-state index in [9.17, 15) is 9.59 Å². The summed E-state index contributed by atoms with van der Waals surface area (Å²) in [5.74, 6) is -2.08. The van der Waals surface area contributed by atoms with Crippen LogP contribution in [0.1, 0.15) is 18.4 Å². The smallest absolute Gasteiger partial charge is 0.320 e. The third kappa shape index (κ3) is 4.73. The molecular weight excluding hydrogens is 258 g/mol. The molecule has 0 saturated carbocycles. The maximum Gasteiger partial charge on any atom is 0.320 e. The van der Waals surface area contributed by atoms with Gasteiger partial charge in [0.2, 0.25) is 0 Å². The summed E-state index contributed by atoms with van der Waals surface area (Å²) in [6.07, 6.45) is -0.151. The molecule has 0 aliphatic rings. The number of carbonyl (C=O) groups is 2. The highest BCUT2D eigenvalue weighted by Gasteiger charge is 2.18. The summed E-state index contributed by atoms with van der Waals surface area (Å²) in [5, 5.41) is 20.8. The molecule has 18 heavy (non-hydrogen) atoms. The predicted molar refractivity (Wildman–Crippen MR) is 66.6 cm³/mol. The summed E-state index contributed by atoms with van der Waals surface area (Å²) < 4.78 is 0. The van der Waals surface area contributed by atoms with Gasteiger partial charge in [0.1, 0.15) is 6.04 Å². The van der Waals surface area contributed by atoms with Crippen molar-refractivity contribution in [2.45, 2.75) is 25.4 Å². The lowest BCUT2D eigenvalue weighted by Crippen LogP contribution is -2.36. The summed E-state index contributed by atoms with van der Waals surface area (Å²) in [5.41, 5.74) is 0.778. The van der Waals surface area contributed by atoms with Crippen molar-refractivity contribution in [3.63, 3.8) is 0 Å². The average molecular weight is 272 g/mol. The van der Waals surface area contributed by atoms with Crippen LogP contribution in [-0.4, -0.2) is 28.2 Å². The number of rotatable bonds is 7. The quantitative estimate of drug-likeness (QED) is 0.703. The number of hydrogen-bond acceptors (Lipinski definition) is 3. The molecule has 0 heterocycles. The van der Waals surface area contributed by atoms with E-state index in [1.165, 1.54) is 0 Å². The van der Waals surface area contributed by atoms with E-state index < -0.39 is 18.0 Å². The lowest BCUT2D eigenvalue weighted by molar-refractivity contribution is -0.140. The van der Waals surface area contributed by atoms with E-state index >= 15 is 0 Å². The van der Waals surface area contributed by atoms with Crippen molar-refractivity contribution in [3.05, 3.63) is 34.9 Å². The molecule has 0 spiro atoms. The number of aliphatic carboxylic acids is 2. The number of halogens is 1. The fourth-order valence-corrected chi connectivity index (χ4v) is 1.66. The molecule has 0 saturated heterocycles. The maximum atomic E-state index is 10.9. The van der Waals surface area contributed by atoms with Crippen LogP contribution in [0.25, 0.3) is 0 Å². The zero-order valence-electron chi connectivity index (χ0n) is 9.60. The molecule has 5 nitrogen and oxygen atoms in total. The molecular formula is C12H14ClNO4. The lowest BCUT2D eigenvalue weighted by atomic mass is 10.1. The van der Waals surface area contributed by atoms with Gasteiger partial charge in [0.25, 0.3) is 0 Å². The molecule has 0 radical (unpaired) electrons. The van der Waals surface area contributed by atoms with Crippen molar-refractivity contribution in [2.75, 3.05) is 0 Å². The minimum atomic E-state index is -1.07. The Hall–Kier alpha value is -1.59. The van der Waals surface area contributed by atoms with Crippen LogP contribution in [0.5, 0.6) is 0 Å². The third-order valence-corrected chi connectivity index (χ3v) is 2.81. The second-order valence-electron chi connectivity index (χ2n) is 3.80. The molecule has 3 N–H and O–H groups in total. The van der Waals surface area contributed by atoms with E-state index in [0.29, 0.717) is 5.02 Å². The molecule has 1 atom stereocenters. The highest BCUT2D eigenvalue weighted by atomic mass is 35.5. The summed E-state index contributed by atoms with van der Waals surface area (Å²) >= 11 is 5.93. The van der Waals surface area contributed by atoms with Gasteiger partial charge in [-0.25, -0.2) is 0 Å². The third-order valence-electron chi connectivity index (χ3n) is 2.44. The molecule has 1 rings (SSSR count). The van der Waals surface area contributed by atoms with Crippen molar-refractivity contribution >= 4 is 23.5 Å². The number of benzene rings is 1. The average Bonchev–Trinajstić information content (AvgIpc) is 2.30. The van der Waals surface area contributed by atoms with E-state index in [1.54, 1.807) is 24.3 Å². The summed E-state index contributed by atoms with van der Waals surface area (Å²) in [6.45, 7) is 0.288. The van der Waals surface area contributed by atoms with Gasteiger partial charge in [0.15, 0.2) is 0 Å². The molecule has 6 heteroatoms. The normalized spacial score (nSPS) is 12.1. The minimum Gasteiger partial charge on any atom is -0.481 e. The Morgan fingerprint density at radius 2 is 1.94 bits per heavy atom. The topological polar surface area (TPSA) is 86.6 Å². The number of carboxylic acid groups (broad SMARTS) is 2. The molecule has 0 aliphatic heterocycles. The zero-order valence-corrected chi connectivity index (χ0v) is 10.4. The van der Waals surface area contributed by atoms with E-state index in [4.69, 9.17) is 21.8 Å². The SMILES string of the molecule is O=C(O)CCC(NCc1ccccc1Cl)C(=O)O. The molecule has 0 bridgehead atoms. The van der Waals surface area contributed by atoms with Gasteiger partial charge in [0.05, 0.1) is 0 Å². The minimum absolute atomic E-state index is 0.0368. The fourth-order valence-electron chi connectivity index (χ4n) is 1.46. The Balaban J connectivity index is 2.55. The first-order valence-corrected chi connectivity index (χ1v) is 5.80. The molecule has 1 unspecified atom stereocenters. The second kappa shape index (κ2) is 6.98. The van der Waals surface area contributed by atoms with E-state index in [0.717, 1.165) is 5.56 Å². The van der Waals surface area contributed by atoms with E-state index in [-0.39, 0.29) is 19.4 Å². The largest absolute Gasteiger partial charge is 0.481 e. The van der Waals surface area contributed by atoms with E-state index in [2.05, 4.69) is 5.32 Å². The molecule has 98 valence electrons. The van der Waals surface area contributed by atoms with Gasteiger partial charge in [0, 0.05) is 18.0 Å². The predicted octanol–water partition coefficient (Wildman–Crippen LogP) is 1.75. The number of hydrogen-bond donors (Lipinski definition) is 3. The molecule has 1 aromatic rings. The van der Waals surface area contributed by atoms with Crippen LogP contribution in [0, 0.1) is 0 Å². The molecule has 0 aromatic heterocycles.